The van der Waals surface area contributed by atoms with Crippen molar-refractivity contribution in [3.63, 3.8) is 0 Å². The largest absolute Gasteiger partial charge is 0.491 e. The van der Waals surface area contributed by atoms with Gasteiger partial charge < -0.3 is 14.8 Å². The molecule has 0 aliphatic rings. The number of hydrogen-bond donors (Lipinski definition) is 1. The smallest absolute Gasteiger partial charge is 0.124 e. The Labute approximate surface area is 130 Å². The molecule has 120 valence electrons. The van der Waals surface area contributed by atoms with Gasteiger partial charge in [0.25, 0.3) is 0 Å². The van der Waals surface area contributed by atoms with Crippen LogP contribution in [0.3, 0.4) is 0 Å². The number of ether oxygens (including phenoxy) is 2. The van der Waals surface area contributed by atoms with E-state index in [4.69, 9.17) is 9.47 Å². The van der Waals surface area contributed by atoms with Crippen LogP contribution in [0.2, 0.25) is 0 Å². The summed E-state index contributed by atoms with van der Waals surface area (Å²) >= 11 is 0. The predicted molar refractivity (Wildman–Crippen MR) is 89.0 cm³/mol. The molecule has 1 atom stereocenters. The lowest BCUT2D eigenvalue weighted by atomic mass is 10.1. The minimum atomic E-state index is 0.315. The number of benzene rings is 1. The highest BCUT2D eigenvalue weighted by Gasteiger charge is 2.10. The van der Waals surface area contributed by atoms with E-state index in [1.165, 1.54) is 31.2 Å². The van der Waals surface area contributed by atoms with Gasteiger partial charge in [-0.1, -0.05) is 44.4 Å². The van der Waals surface area contributed by atoms with E-state index >= 15 is 0 Å². The van der Waals surface area contributed by atoms with Crippen LogP contribution in [0.25, 0.3) is 0 Å². The minimum absolute atomic E-state index is 0.315. The maximum Gasteiger partial charge on any atom is 0.124 e. The summed E-state index contributed by atoms with van der Waals surface area (Å²) in [5, 5.41) is 3.59. The molecule has 0 amide bonds. The highest BCUT2D eigenvalue weighted by Crippen LogP contribution is 2.24. The Balaban J connectivity index is 2.40. The van der Waals surface area contributed by atoms with E-state index in [0.717, 1.165) is 18.9 Å². The third-order valence-electron chi connectivity index (χ3n) is 3.56. The summed E-state index contributed by atoms with van der Waals surface area (Å²) in [5.41, 5.74) is 1.23. The van der Waals surface area contributed by atoms with E-state index in [2.05, 4.69) is 31.3 Å². The maximum atomic E-state index is 5.84. The van der Waals surface area contributed by atoms with Gasteiger partial charge in [-0.2, -0.15) is 0 Å². The zero-order valence-corrected chi connectivity index (χ0v) is 13.9. The van der Waals surface area contributed by atoms with E-state index in [1.807, 2.05) is 19.1 Å². The normalized spacial score (nSPS) is 12.3. The molecule has 0 aliphatic carbocycles. The van der Waals surface area contributed by atoms with Crippen LogP contribution < -0.4 is 10.1 Å². The van der Waals surface area contributed by atoms with Gasteiger partial charge in [-0.15, -0.1) is 0 Å². The topological polar surface area (TPSA) is 30.5 Å². The van der Waals surface area contributed by atoms with E-state index in [9.17, 15) is 0 Å². The third-order valence-corrected chi connectivity index (χ3v) is 3.56. The van der Waals surface area contributed by atoms with Crippen LogP contribution in [-0.2, 0) is 4.74 Å². The zero-order valence-electron chi connectivity index (χ0n) is 13.9. The molecule has 1 aromatic carbocycles. The standard InChI is InChI=1S/C18H31NO2/c1-4-6-7-10-13-19-16(3)17-11-8-9-12-18(17)21-15-14-20-5-2/h8-9,11-12,16,19H,4-7,10,13-15H2,1-3H3. The lowest BCUT2D eigenvalue weighted by Crippen LogP contribution is -2.20. The molecule has 0 aromatic heterocycles. The highest BCUT2D eigenvalue weighted by molar-refractivity contribution is 5.35. The summed E-state index contributed by atoms with van der Waals surface area (Å²) in [4.78, 5) is 0. The molecule has 3 nitrogen and oxygen atoms in total. The first-order valence-corrected chi connectivity index (χ1v) is 8.32. The van der Waals surface area contributed by atoms with Crippen molar-refractivity contribution < 1.29 is 9.47 Å². The molecule has 0 saturated carbocycles. The number of unbranched alkanes of at least 4 members (excludes halogenated alkanes) is 3. The molecule has 0 spiro atoms. The number of nitrogens with one attached hydrogen (secondary N) is 1. The van der Waals surface area contributed by atoms with E-state index in [-0.39, 0.29) is 0 Å². The van der Waals surface area contributed by atoms with Crippen LogP contribution in [0.1, 0.15) is 58.1 Å². The van der Waals surface area contributed by atoms with Gasteiger partial charge in [-0.25, -0.2) is 0 Å². The predicted octanol–water partition coefficient (Wildman–Crippen LogP) is 4.33. The molecule has 0 fully saturated rings. The van der Waals surface area contributed by atoms with Crippen molar-refractivity contribution >= 4 is 0 Å². The fourth-order valence-corrected chi connectivity index (χ4v) is 2.30. The van der Waals surface area contributed by atoms with Crippen molar-refractivity contribution in [2.45, 2.75) is 52.5 Å². The summed E-state index contributed by atoms with van der Waals surface area (Å²) in [6, 6.07) is 8.58. The van der Waals surface area contributed by atoms with Crippen molar-refractivity contribution in [2.75, 3.05) is 26.4 Å². The quantitative estimate of drug-likeness (QED) is 0.582. The van der Waals surface area contributed by atoms with Gasteiger partial charge in [0.2, 0.25) is 0 Å². The van der Waals surface area contributed by atoms with Crippen LogP contribution in [0.15, 0.2) is 24.3 Å². The molecular weight excluding hydrogens is 262 g/mol. The summed E-state index contributed by atoms with van der Waals surface area (Å²) in [6.07, 6.45) is 5.16. The summed E-state index contributed by atoms with van der Waals surface area (Å²) in [5.74, 6) is 0.964. The molecule has 0 saturated heterocycles. The van der Waals surface area contributed by atoms with Crippen LogP contribution in [0.5, 0.6) is 5.75 Å². The van der Waals surface area contributed by atoms with Crippen LogP contribution in [0.4, 0.5) is 0 Å². The van der Waals surface area contributed by atoms with E-state index in [1.54, 1.807) is 0 Å². The van der Waals surface area contributed by atoms with Crippen molar-refractivity contribution in [3.05, 3.63) is 29.8 Å². The molecule has 0 bridgehead atoms. The molecule has 1 rings (SSSR count). The van der Waals surface area contributed by atoms with Crippen molar-refractivity contribution in [1.82, 2.24) is 5.32 Å². The first-order valence-electron chi connectivity index (χ1n) is 8.32. The Morgan fingerprint density at radius 2 is 1.86 bits per heavy atom. The molecule has 3 heteroatoms. The number of rotatable bonds is 12. The van der Waals surface area contributed by atoms with E-state index in [0.29, 0.717) is 19.3 Å². The molecular formula is C18H31NO2. The van der Waals surface area contributed by atoms with Gasteiger partial charge >= 0.3 is 0 Å². The molecule has 0 aliphatic heterocycles. The molecule has 1 unspecified atom stereocenters. The van der Waals surface area contributed by atoms with Gasteiger partial charge in [0.05, 0.1) is 6.61 Å². The van der Waals surface area contributed by atoms with Crippen LogP contribution >= 0.6 is 0 Å². The molecule has 0 radical (unpaired) electrons. The van der Waals surface area contributed by atoms with Crippen molar-refractivity contribution in [2.24, 2.45) is 0 Å². The molecule has 0 heterocycles. The second-order valence-corrected chi connectivity index (χ2v) is 5.32. The molecule has 21 heavy (non-hydrogen) atoms. The van der Waals surface area contributed by atoms with Crippen LogP contribution in [0, 0.1) is 0 Å². The Morgan fingerprint density at radius 1 is 1.05 bits per heavy atom. The molecule has 1 aromatic rings. The first kappa shape index (κ1) is 18.0. The minimum Gasteiger partial charge on any atom is -0.491 e. The van der Waals surface area contributed by atoms with Gasteiger partial charge in [-0.3, -0.25) is 0 Å². The average molecular weight is 293 g/mol. The fraction of sp³-hybridized carbons (Fsp3) is 0.667. The lowest BCUT2D eigenvalue weighted by Gasteiger charge is -2.18. The zero-order chi connectivity index (χ0) is 15.3. The van der Waals surface area contributed by atoms with Gasteiger partial charge in [-0.05, 0) is 32.9 Å². The third kappa shape index (κ3) is 7.49. The Hall–Kier alpha value is -1.06. The van der Waals surface area contributed by atoms with Gasteiger partial charge in [0, 0.05) is 18.2 Å². The van der Waals surface area contributed by atoms with E-state index < -0.39 is 0 Å². The van der Waals surface area contributed by atoms with Crippen molar-refractivity contribution in [3.8, 4) is 5.75 Å². The maximum absolute atomic E-state index is 5.84. The van der Waals surface area contributed by atoms with Gasteiger partial charge in [0.15, 0.2) is 0 Å². The summed E-state index contributed by atoms with van der Waals surface area (Å²) < 4.78 is 11.2. The summed E-state index contributed by atoms with van der Waals surface area (Å²) in [7, 11) is 0. The Morgan fingerprint density at radius 3 is 2.62 bits per heavy atom. The van der Waals surface area contributed by atoms with Crippen molar-refractivity contribution in [1.29, 1.82) is 0 Å². The number of para-hydroxylation sites is 1. The first-order chi connectivity index (χ1) is 10.3. The fourth-order valence-electron chi connectivity index (χ4n) is 2.30. The monoisotopic (exact) mass is 293 g/mol. The average Bonchev–Trinajstić information content (AvgIpc) is 2.51. The Kier molecular flexibility index (Phi) is 9.92. The van der Waals surface area contributed by atoms with Crippen LogP contribution in [-0.4, -0.2) is 26.4 Å². The molecule has 1 N–H and O–H groups in total. The SMILES string of the molecule is CCCCCCNC(C)c1ccccc1OCCOCC. The highest BCUT2D eigenvalue weighted by atomic mass is 16.5. The second kappa shape index (κ2) is 11.6. The van der Waals surface area contributed by atoms with Gasteiger partial charge in [0.1, 0.15) is 12.4 Å². The summed E-state index contributed by atoms with van der Waals surface area (Å²) in [6.45, 7) is 9.49. The Bertz CT molecular complexity index is 368. The number of hydrogen-bond acceptors (Lipinski definition) is 3. The lowest BCUT2D eigenvalue weighted by molar-refractivity contribution is 0.109. The second-order valence-electron chi connectivity index (χ2n) is 5.32.